The Morgan fingerprint density at radius 3 is 2.05 bits per heavy atom. The maximum absolute atomic E-state index is 6.55. The minimum absolute atomic E-state index is 0.171. The average molecular weight is 425 g/mol. The molecule has 1 heterocycles. The third-order valence-electron chi connectivity index (χ3n) is 4.45. The molecule has 21 heavy (non-hydrogen) atoms. The van der Waals surface area contributed by atoms with Gasteiger partial charge in [-0.15, -0.1) is 0 Å². The Hall–Kier alpha value is 0.230. The summed E-state index contributed by atoms with van der Waals surface area (Å²) in [4.78, 5) is 0. The topological polar surface area (TPSA) is 17.8 Å². The number of unbranched alkanes of at least 4 members (excludes halogenated alkanes) is 5. The highest BCUT2D eigenvalue weighted by Crippen LogP contribution is 2.41. The third kappa shape index (κ3) is 5.42. The van der Waals surface area contributed by atoms with E-state index in [4.69, 9.17) is 11.6 Å². The predicted molar refractivity (Wildman–Crippen MR) is 101 cm³/mol. The zero-order valence-corrected chi connectivity index (χ0v) is 16.9. The van der Waals surface area contributed by atoms with Crippen LogP contribution in [0.5, 0.6) is 0 Å². The molecule has 0 N–H and O–H groups in total. The highest BCUT2D eigenvalue weighted by molar-refractivity contribution is 14.1. The van der Waals surface area contributed by atoms with Gasteiger partial charge in [0.15, 0.2) is 0 Å². The molecule has 0 aliphatic carbocycles. The lowest BCUT2D eigenvalue weighted by Crippen LogP contribution is -2.23. The van der Waals surface area contributed by atoms with Crippen molar-refractivity contribution in [2.45, 2.75) is 84.0 Å². The van der Waals surface area contributed by atoms with Gasteiger partial charge in [-0.25, -0.2) is 0 Å². The number of hydrogen-bond acceptors (Lipinski definition) is 1. The van der Waals surface area contributed by atoms with E-state index in [0.29, 0.717) is 0 Å². The summed E-state index contributed by atoms with van der Waals surface area (Å²) >= 11 is 8.89. The Bertz CT molecular complexity index is 431. The van der Waals surface area contributed by atoms with Crippen molar-refractivity contribution in [3.63, 3.8) is 0 Å². The van der Waals surface area contributed by atoms with Crippen LogP contribution in [-0.4, -0.2) is 9.78 Å². The molecule has 122 valence electrons. The van der Waals surface area contributed by atoms with Gasteiger partial charge in [-0.1, -0.05) is 77.3 Å². The minimum atomic E-state index is 0.171. The largest absolute Gasteiger partial charge is 0.256 e. The number of nitrogens with zero attached hydrogens (tertiary/aromatic N) is 2. The summed E-state index contributed by atoms with van der Waals surface area (Å²) in [7, 11) is 1.94. The molecule has 0 fully saturated rings. The first-order valence-corrected chi connectivity index (χ1v) is 9.80. The molecule has 1 aromatic heterocycles. The molecule has 0 aromatic carbocycles. The van der Waals surface area contributed by atoms with Crippen LogP contribution in [0.15, 0.2) is 0 Å². The van der Waals surface area contributed by atoms with Crippen LogP contribution in [0.4, 0.5) is 0 Å². The minimum Gasteiger partial charge on any atom is -0.256 e. The van der Waals surface area contributed by atoms with Crippen molar-refractivity contribution in [2.75, 3.05) is 0 Å². The summed E-state index contributed by atoms with van der Waals surface area (Å²) in [6.45, 7) is 6.92. The molecule has 0 aliphatic heterocycles. The van der Waals surface area contributed by atoms with E-state index < -0.39 is 0 Å². The summed E-state index contributed by atoms with van der Waals surface area (Å²) in [5.74, 6) is 0. The van der Waals surface area contributed by atoms with Crippen LogP contribution >= 0.6 is 34.2 Å². The van der Waals surface area contributed by atoms with Crippen molar-refractivity contribution in [3.05, 3.63) is 14.4 Å². The lowest BCUT2D eigenvalue weighted by atomic mass is 9.75. The second-order valence-corrected chi connectivity index (χ2v) is 7.79. The van der Waals surface area contributed by atoms with Crippen LogP contribution in [0.1, 0.15) is 84.1 Å². The van der Waals surface area contributed by atoms with Crippen molar-refractivity contribution < 1.29 is 0 Å². The van der Waals surface area contributed by atoms with Crippen molar-refractivity contribution in [3.8, 4) is 0 Å². The fourth-order valence-corrected chi connectivity index (χ4v) is 4.80. The van der Waals surface area contributed by atoms with Crippen LogP contribution in [0.3, 0.4) is 0 Å². The van der Waals surface area contributed by atoms with Crippen LogP contribution in [0.25, 0.3) is 0 Å². The lowest BCUT2D eigenvalue weighted by molar-refractivity contribution is 0.364. The molecule has 0 saturated heterocycles. The van der Waals surface area contributed by atoms with Crippen molar-refractivity contribution >= 4 is 34.2 Å². The molecular formula is C17H30ClIN2. The molecule has 0 spiro atoms. The second kappa shape index (κ2) is 9.39. The zero-order valence-electron chi connectivity index (χ0n) is 14.0. The highest BCUT2D eigenvalue weighted by Gasteiger charge is 2.32. The van der Waals surface area contributed by atoms with E-state index in [-0.39, 0.29) is 5.41 Å². The SMILES string of the molecule is CCCCCCC(C)(CCCCC)c1c(I)nn(C)c1Cl. The van der Waals surface area contributed by atoms with E-state index in [0.717, 1.165) is 8.85 Å². The Kier molecular flexibility index (Phi) is 8.62. The smallest absolute Gasteiger partial charge is 0.131 e. The normalized spacial score (nSPS) is 14.4. The molecule has 0 amide bonds. The quantitative estimate of drug-likeness (QED) is 0.310. The van der Waals surface area contributed by atoms with Crippen LogP contribution in [-0.2, 0) is 12.5 Å². The van der Waals surface area contributed by atoms with Crippen molar-refractivity contribution in [1.82, 2.24) is 9.78 Å². The van der Waals surface area contributed by atoms with E-state index in [1.54, 1.807) is 0 Å². The molecule has 0 saturated carbocycles. The Labute approximate surface area is 149 Å². The Morgan fingerprint density at radius 2 is 1.57 bits per heavy atom. The monoisotopic (exact) mass is 424 g/mol. The maximum Gasteiger partial charge on any atom is 0.131 e. The first kappa shape index (κ1) is 19.3. The zero-order chi connectivity index (χ0) is 15.9. The summed E-state index contributed by atoms with van der Waals surface area (Å²) in [6.07, 6.45) is 11.5. The molecule has 0 aliphatic rings. The van der Waals surface area contributed by atoms with Gasteiger partial charge in [-0.05, 0) is 40.8 Å². The summed E-state index contributed by atoms with van der Waals surface area (Å²) in [5, 5.41) is 5.35. The molecule has 1 atom stereocenters. The number of aromatic nitrogens is 2. The van der Waals surface area contributed by atoms with Crippen LogP contribution in [0, 0.1) is 3.70 Å². The van der Waals surface area contributed by atoms with Gasteiger partial charge in [0.1, 0.15) is 8.85 Å². The summed E-state index contributed by atoms with van der Waals surface area (Å²) in [5.41, 5.74) is 1.45. The first-order valence-electron chi connectivity index (χ1n) is 8.34. The van der Waals surface area contributed by atoms with Gasteiger partial charge in [0, 0.05) is 12.6 Å². The number of rotatable bonds is 10. The van der Waals surface area contributed by atoms with E-state index in [1.807, 2.05) is 11.7 Å². The molecule has 1 rings (SSSR count). The van der Waals surface area contributed by atoms with Gasteiger partial charge < -0.3 is 0 Å². The molecule has 0 radical (unpaired) electrons. The van der Waals surface area contributed by atoms with Gasteiger partial charge >= 0.3 is 0 Å². The molecule has 4 heteroatoms. The Morgan fingerprint density at radius 1 is 1.05 bits per heavy atom. The van der Waals surface area contributed by atoms with Crippen LogP contribution < -0.4 is 0 Å². The van der Waals surface area contributed by atoms with E-state index in [2.05, 4.69) is 48.5 Å². The number of halogens is 2. The van der Waals surface area contributed by atoms with Crippen molar-refractivity contribution in [1.29, 1.82) is 0 Å². The molecule has 2 nitrogen and oxygen atoms in total. The number of hydrogen-bond donors (Lipinski definition) is 0. The molecule has 1 unspecified atom stereocenters. The third-order valence-corrected chi connectivity index (χ3v) is 5.64. The van der Waals surface area contributed by atoms with Gasteiger partial charge in [0.25, 0.3) is 0 Å². The van der Waals surface area contributed by atoms with E-state index in [9.17, 15) is 0 Å². The van der Waals surface area contributed by atoms with Gasteiger partial charge in [-0.3, -0.25) is 4.68 Å². The molecular weight excluding hydrogens is 395 g/mol. The Balaban J connectivity index is 2.88. The summed E-state index contributed by atoms with van der Waals surface area (Å²) < 4.78 is 2.90. The van der Waals surface area contributed by atoms with Gasteiger partial charge in [0.05, 0.1) is 0 Å². The lowest BCUT2D eigenvalue weighted by Gasteiger charge is -2.30. The fourth-order valence-electron chi connectivity index (χ4n) is 3.05. The molecule has 1 aromatic rings. The first-order chi connectivity index (χ1) is 9.96. The predicted octanol–water partition coefficient (Wildman–Crippen LogP) is 6.49. The highest BCUT2D eigenvalue weighted by atomic mass is 127. The van der Waals surface area contributed by atoms with Gasteiger partial charge in [0.2, 0.25) is 0 Å². The number of aryl methyl sites for hydroxylation is 1. The fraction of sp³-hybridized carbons (Fsp3) is 0.824. The van der Waals surface area contributed by atoms with Crippen LogP contribution in [0.2, 0.25) is 5.15 Å². The van der Waals surface area contributed by atoms with Gasteiger partial charge in [-0.2, -0.15) is 5.10 Å². The second-order valence-electron chi connectivity index (χ2n) is 6.41. The maximum atomic E-state index is 6.55. The summed E-state index contributed by atoms with van der Waals surface area (Å²) in [6, 6.07) is 0. The molecule has 0 bridgehead atoms. The van der Waals surface area contributed by atoms with Crippen molar-refractivity contribution in [2.24, 2.45) is 7.05 Å². The average Bonchev–Trinajstić information content (AvgIpc) is 2.69. The van der Waals surface area contributed by atoms with E-state index in [1.165, 1.54) is 63.4 Å². The van der Waals surface area contributed by atoms with E-state index >= 15 is 0 Å². The standard InChI is InChI=1S/C17H30ClIN2/c1-5-7-9-11-13-17(3,12-10-8-6-2)14-15(18)21(4)20-16(14)19/h5-13H2,1-4H3.